The molecule has 11 heavy (non-hydrogen) atoms. The lowest BCUT2D eigenvalue weighted by molar-refractivity contribution is 0.0557. The van der Waals surface area contributed by atoms with Gasteiger partial charge in [0.15, 0.2) is 0 Å². The van der Waals surface area contributed by atoms with Gasteiger partial charge in [-0.3, -0.25) is 0 Å². The number of alkyl halides is 1. The topological polar surface area (TPSA) is 21.3 Å². The summed E-state index contributed by atoms with van der Waals surface area (Å²) in [5, 5.41) is 3.32. The maximum absolute atomic E-state index is 11.7. The zero-order valence-corrected chi connectivity index (χ0v) is 6.98. The number of rotatable bonds is 4. The maximum Gasteiger partial charge on any atom is 0.113 e. The third-order valence-corrected chi connectivity index (χ3v) is 2.11. The fourth-order valence-corrected chi connectivity index (χ4v) is 1.43. The van der Waals surface area contributed by atoms with Crippen LogP contribution in [-0.4, -0.2) is 32.0 Å². The summed E-state index contributed by atoms with van der Waals surface area (Å²) in [6.45, 7) is 2.92. The average Bonchev–Trinajstić information content (AvgIpc) is 2.48. The van der Waals surface area contributed by atoms with E-state index >= 15 is 0 Å². The zero-order chi connectivity index (χ0) is 8.10. The molecule has 0 aliphatic carbocycles. The molecule has 0 aromatic carbocycles. The van der Waals surface area contributed by atoms with Crippen LogP contribution in [0.3, 0.4) is 0 Å². The molecule has 3 heteroatoms. The number of ether oxygens (including phenoxy) is 1. The monoisotopic (exact) mass is 161 g/mol. The Bertz CT molecular complexity index is 110. The molecular formula is C8H16FNO. The van der Waals surface area contributed by atoms with Crippen LogP contribution >= 0.6 is 0 Å². The van der Waals surface area contributed by atoms with Crippen LogP contribution in [0, 0.1) is 0 Å². The summed E-state index contributed by atoms with van der Waals surface area (Å²) in [4.78, 5) is 0. The van der Waals surface area contributed by atoms with Crippen molar-refractivity contribution in [1.82, 2.24) is 5.32 Å². The fourth-order valence-electron chi connectivity index (χ4n) is 1.43. The molecule has 1 aliphatic rings. The van der Waals surface area contributed by atoms with Crippen LogP contribution in [0.5, 0.6) is 0 Å². The molecule has 1 saturated heterocycles. The molecule has 66 valence electrons. The minimum absolute atomic E-state index is 0.246. The lowest BCUT2D eigenvalue weighted by atomic mass is 10.1. The van der Waals surface area contributed by atoms with Gasteiger partial charge in [0, 0.05) is 12.6 Å². The summed E-state index contributed by atoms with van der Waals surface area (Å²) in [6.07, 6.45) is 2.42. The van der Waals surface area contributed by atoms with E-state index in [0.29, 0.717) is 6.04 Å². The summed E-state index contributed by atoms with van der Waals surface area (Å²) in [6, 6.07) is 0.583. The van der Waals surface area contributed by atoms with Crippen molar-refractivity contribution in [2.24, 2.45) is 0 Å². The lowest BCUT2D eigenvalue weighted by Crippen LogP contribution is -2.20. The predicted molar refractivity (Wildman–Crippen MR) is 42.4 cm³/mol. The molecule has 1 heterocycles. The Morgan fingerprint density at radius 2 is 2.45 bits per heavy atom. The Labute approximate surface area is 67.1 Å². The molecule has 1 N–H and O–H groups in total. The first-order valence-electron chi connectivity index (χ1n) is 4.27. The molecule has 0 unspecified atom stereocenters. The van der Waals surface area contributed by atoms with E-state index in [-0.39, 0.29) is 19.4 Å². The molecule has 1 rings (SSSR count). The Hall–Kier alpha value is -0.150. The highest BCUT2D eigenvalue weighted by Gasteiger charge is 2.22. The van der Waals surface area contributed by atoms with Gasteiger partial charge in [0.1, 0.15) is 6.67 Å². The Balaban J connectivity index is 2.09. The van der Waals surface area contributed by atoms with Gasteiger partial charge in [0.2, 0.25) is 0 Å². The fraction of sp³-hybridized carbons (Fsp3) is 1.00. The smallest absolute Gasteiger partial charge is 0.113 e. The number of nitrogens with one attached hydrogen (secondary N) is 1. The minimum atomic E-state index is -0.368. The lowest BCUT2D eigenvalue weighted by Gasteiger charge is -2.08. The zero-order valence-electron chi connectivity index (χ0n) is 6.98. The highest BCUT2D eigenvalue weighted by Crippen LogP contribution is 2.12. The first-order valence-corrected chi connectivity index (χ1v) is 4.27. The van der Waals surface area contributed by atoms with Gasteiger partial charge in [-0.1, -0.05) is 6.92 Å². The molecule has 0 spiro atoms. The highest BCUT2D eigenvalue weighted by atomic mass is 19.1. The van der Waals surface area contributed by atoms with Crippen LogP contribution in [0.15, 0.2) is 0 Å². The van der Waals surface area contributed by atoms with Crippen LogP contribution in [-0.2, 0) is 4.74 Å². The van der Waals surface area contributed by atoms with E-state index < -0.39 is 0 Å². The normalized spacial score (nSPS) is 31.1. The second-order valence-electron chi connectivity index (χ2n) is 2.93. The highest BCUT2D eigenvalue weighted by molar-refractivity contribution is 4.80. The largest absolute Gasteiger partial charge is 0.374 e. The van der Waals surface area contributed by atoms with E-state index in [1.807, 2.05) is 0 Å². The molecule has 2 atom stereocenters. The average molecular weight is 161 g/mol. The van der Waals surface area contributed by atoms with E-state index in [1.54, 1.807) is 0 Å². The Kier molecular flexibility index (Phi) is 3.80. The third-order valence-electron chi connectivity index (χ3n) is 2.11. The summed E-state index contributed by atoms with van der Waals surface area (Å²) >= 11 is 0. The van der Waals surface area contributed by atoms with Crippen LogP contribution in [0.2, 0.25) is 0 Å². The van der Waals surface area contributed by atoms with Gasteiger partial charge >= 0.3 is 0 Å². The summed E-state index contributed by atoms with van der Waals surface area (Å²) < 4.78 is 16.9. The second-order valence-corrected chi connectivity index (χ2v) is 2.93. The molecule has 0 radical (unpaired) electrons. The van der Waals surface area contributed by atoms with Crippen molar-refractivity contribution in [1.29, 1.82) is 0 Å². The predicted octanol–water partition coefficient (Wildman–Crippen LogP) is 1.11. The van der Waals surface area contributed by atoms with Gasteiger partial charge in [-0.15, -0.1) is 0 Å². The van der Waals surface area contributed by atoms with Crippen LogP contribution in [0.1, 0.15) is 19.8 Å². The van der Waals surface area contributed by atoms with Crippen LogP contribution in [0.4, 0.5) is 4.39 Å². The van der Waals surface area contributed by atoms with Crippen LogP contribution in [0.25, 0.3) is 0 Å². The number of hydrogen-bond acceptors (Lipinski definition) is 2. The molecule has 0 amide bonds. The molecule has 0 aromatic heterocycles. The van der Waals surface area contributed by atoms with Crippen molar-refractivity contribution in [2.75, 3.05) is 19.8 Å². The first kappa shape index (κ1) is 8.94. The van der Waals surface area contributed by atoms with Crippen molar-refractivity contribution in [3.05, 3.63) is 0 Å². The minimum Gasteiger partial charge on any atom is -0.374 e. The van der Waals surface area contributed by atoms with Gasteiger partial charge in [-0.05, 0) is 12.8 Å². The number of hydrogen-bond donors (Lipinski definition) is 1. The Morgan fingerprint density at radius 3 is 3.00 bits per heavy atom. The van der Waals surface area contributed by atoms with E-state index in [9.17, 15) is 4.39 Å². The van der Waals surface area contributed by atoms with Crippen LogP contribution < -0.4 is 5.32 Å². The van der Waals surface area contributed by atoms with Crippen molar-refractivity contribution in [2.45, 2.75) is 31.9 Å². The van der Waals surface area contributed by atoms with Crippen molar-refractivity contribution in [3.8, 4) is 0 Å². The molecular weight excluding hydrogens is 145 g/mol. The summed E-state index contributed by atoms with van der Waals surface area (Å²) in [5.74, 6) is 0. The van der Waals surface area contributed by atoms with Crippen molar-refractivity contribution >= 4 is 0 Å². The second kappa shape index (κ2) is 4.67. The Morgan fingerprint density at radius 1 is 1.64 bits per heavy atom. The molecule has 0 saturated carbocycles. The van der Waals surface area contributed by atoms with E-state index in [2.05, 4.69) is 12.2 Å². The first-order chi connectivity index (χ1) is 5.36. The van der Waals surface area contributed by atoms with Crippen molar-refractivity contribution < 1.29 is 9.13 Å². The van der Waals surface area contributed by atoms with E-state index in [1.165, 1.54) is 0 Å². The van der Waals surface area contributed by atoms with E-state index in [4.69, 9.17) is 4.74 Å². The quantitative estimate of drug-likeness (QED) is 0.667. The standard InChI is InChI=1S/C8H16FNO/c1-2-7-5-8(6-10-7)11-4-3-9/h7-8,10H,2-6H2,1H3/t7-,8+/m0/s1. The van der Waals surface area contributed by atoms with Crippen molar-refractivity contribution in [3.63, 3.8) is 0 Å². The molecule has 0 bridgehead atoms. The summed E-state index contributed by atoms with van der Waals surface area (Å²) in [7, 11) is 0. The molecule has 2 nitrogen and oxygen atoms in total. The van der Waals surface area contributed by atoms with Gasteiger partial charge in [-0.25, -0.2) is 4.39 Å². The molecule has 0 aromatic rings. The number of halogens is 1. The van der Waals surface area contributed by atoms with Gasteiger partial charge in [0.25, 0.3) is 0 Å². The van der Waals surface area contributed by atoms with Gasteiger partial charge < -0.3 is 10.1 Å². The SMILES string of the molecule is CC[C@H]1C[C@@H](OCCF)CN1. The summed E-state index contributed by atoms with van der Waals surface area (Å²) in [5.41, 5.74) is 0. The maximum atomic E-state index is 11.7. The molecule has 1 aliphatic heterocycles. The van der Waals surface area contributed by atoms with Gasteiger partial charge in [-0.2, -0.15) is 0 Å². The third kappa shape index (κ3) is 2.75. The van der Waals surface area contributed by atoms with E-state index in [0.717, 1.165) is 19.4 Å². The molecule has 1 fully saturated rings. The van der Waals surface area contributed by atoms with Gasteiger partial charge in [0.05, 0.1) is 12.7 Å².